The average molecular weight is 483 g/mol. The smallest absolute Gasteiger partial charge is 0.143 e. The molecule has 2 atom stereocenters. The van der Waals surface area contributed by atoms with Crippen molar-refractivity contribution in [1.82, 2.24) is 4.90 Å². The Bertz CT molecular complexity index is 1110. The third-order valence-electron chi connectivity index (χ3n) is 6.48. The van der Waals surface area contributed by atoms with Crippen LogP contribution in [0, 0.1) is 11.6 Å². The number of methoxy groups -OCH3 is 1. The van der Waals surface area contributed by atoms with Crippen molar-refractivity contribution >= 4 is 18.1 Å². The number of piperidine rings is 1. The van der Waals surface area contributed by atoms with Gasteiger partial charge in [0.25, 0.3) is 0 Å². The molecule has 2 aromatic rings. The molecule has 0 aromatic heterocycles. The molecule has 1 fully saturated rings. The molecule has 2 aromatic carbocycles. The Balaban J connectivity index is 1.45. The van der Waals surface area contributed by atoms with Gasteiger partial charge in [0.05, 0.1) is 25.2 Å². The second-order valence-corrected chi connectivity index (χ2v) is 9.02. The minimum atomic E-state index is -0.650. The molecule has 2 aliphatic rings. The van der Waals surface area contributed by atoms with Crippen molar-refractivity contribution in [2.45, 2.75) is 38.3 Å². The van der Waals surface area contributed by atoms with Gasteiger partial charge in [-0.15, -0.1) is 0 Å². The molecule has 0 saturated carbocycles. The maximum Gasteiger partial charge on any atom is 0.143 e. The second-order valence-electron chi connectivity index (χ2n) is 9.02. The van der Waals surface area contributed by atoms with Crippen molar-refractivity contribution in [2.24, 2.45) is 10.9 Å². The largest absolute Gasteiger partial charge is 0.495 e. The highest BCUT2D eigenvalue weighted by atomic mass is 19.1. The number of halogens is 2. The minimum absolute atomic E-state index is 0.266. The van der Waals surface area contributed by atoms with Gasteiger partial charge < -0.3 is 14.5 Å². The first-order valence-corrected chi connectivity index (χ1v) is 11.8. The summed E-state index contributed by atoms with van der Waals surface area (Å²) in [5, 5.41) is 0. The van der Waals surface area contributed by atoms with Crippen molar-refractivity contribution in [3.8, 4) is 5.75 Å². The molecule has 186 valence electrons. The predicted octanol–water partition coefficient (Wildman–Crippen LogP) is 5.22. The van der Waals surface area contributed by atoms with Gasteiger partial charge in [-0.05, 0) is 73.2 Å². The van der Waals surface area contributed by atoms with Crippen LogP contribution >= 0.6 is 0 Å². The van der Waals surface area contributed by atoms with E-state index in [9.17, 15) is 8.78 Å². The summed E-state index contributed by atoms with van der Waals surface area (Å²) < 4.78 is 32.9. The fourth-order valence-corrected chi connectivity index (χ4v) is 4.65. The van der Waals surface area contributed by atoms with E-state index in [1.165, 1.54) is 12.1 Å². The normalized spacial score (nSPS) is 20.1. The molecular weight excluding hydrogens is 450 g/mol. The van der Waals surface area contributed by atoms with Crippen LogP contribution in [0.5, 0.6) is 5.75 Å². The Morgan fingerprint density at radius 3 is 2.66 bits per heavy atom. The number of likely N-dealkylation sites (tertiary alicyclic amines) is 1. The number of anilines is 1. The van der Waals surface area contributed by atoms with E-state index in [4.69, 9.17) is 15.5 Å². The standard InChI is InChI=1S/C27H32F2N4O2/c1-18-16-33(17-31-18)25-7-6-20(12-27(25)34-3)11-21-5-4-9-32(19(21)2)10-8-26(35-30)22-13-23(28)15-24(29)14-22/h6-7,11-15,17-18,26H,2,4-5,8-10,16,30H2,1,3H3/b21-11+/t18?,26-/m0/s1. The first-order chi connectivity index (χ1) is 16.9. The van der Waals surface area contributed by atoms with E-state index in [0.29, 0.717) is 18.5 Å². The number of aliphatic imine (C=N–C) groups is 1. The SMILES string of the molecule is C=C1/C(=C/c2ccc(N3C=NC(C)C3)c(OC)c2)CCCN1CC[C@H](ON)c1cc(F)cc(F)c1. The molecule has 6 nitrogen and oxygen atoms in total. The first kappa shape index (κ1) is 24.9. The summed E-state index contributed by atoms with van der Waals surface area (Å²) in [4.78, 5) is 13.7. The number of hydrogen-bond donors (Lipinski definition) is 1. The summed E-state index contributed by atoms with van der Waals surface area (Å²) in [5.74, 6) is 4.95. The first-order valence-electron chi connectivity index (χ1n) is 11.8. The molecule has 35 heavy (non-hydrogen) atoms. The number of nitrogens with zero attached hydrogens (tertiary/aromatic N) is 3. The zero-order valence-corrected chi connectivity index (χ0v) is 20.2. The number of nitrogens with two attached hydrogens (primary N) is 1. The highest BCUT2D eigenvalue weighted by Gasteiger charge is 2.22. The van der Waals surface area contributed by atoms with Crippen LogP contribution in [-0.4, -0.2) is 44.0 Å². The highest BCUT2D eigenvalue weighted by Crippen LogP contribution is 2.33. The number of rotatable bonds is 8. The maximum absolute atomic E-state index is 13.6. The zero-order valence-electron chi connectivity index (χ0n) is 20.2. The van der Waals surface area contributed by atoms with Gasteiger partial charge >= 0.3 is 0 Å². The number of benzene rings is 2. The molecular formula is C27H32F2N4O2. The number of hydrogen-bond acceptors (Lipinski definition) is 6. The molecule has 2 aliphatic heterocycles. The summed E-state index contributed by atoms with van der Waals surface area (Å²) in [6.07, 6.45) is 5.76. The van der Waals surface area contributed by atoms with Gasteiger partial charge in [0, 0.05) is 31.4 Å². The third-order valence-corrected chi connectivity index (χ3v) is 6.48. The van der Waals surface area contributed by atoms with E-state index >= 15 is 0 Å². The van der Waals surface area contributed by atoms with Crippen LogP contribution in [0.25, 0.3) is 6.08 Å². The fraction of sp³-hybridized carbons (Fsp3) is 0.370. The van der Waals surface area contributed by atoms with Crippen molar-refractivity contribution in [2.75, 3.05) is 31.6 Å². The Hall–Kier alpha value is -3.23. The molecule has 4 rings (SSSR count). The van der Waals surface area contributed by atoms with Gasteiger partial charge in [-0.25, -0.2) is 14.7 Å². The molecule has 2 heterocycles. The summed E-state index contributed by atoms with van der Waals surface area (Å²) in [6, 6.07) is 9.77. The molecule has 1 saturated heterocycles. The molecule has 0 spiro atoms. The third kappa shape index (κ3) is 5.89. The molecule has 2 N–H and O–H groups in total. The predicted molar refractivity (Wildman–Crippen MR) is 135 cm³/mol. The molecule has 1 unspecified atom stereocenters. The molecule has 8 heteroatoms. The van der Waals surface area contributed by atoms with Gasteiger partial charge in [-0.3, -0.25) is 9.83 Å². The highest BCUT2D eigenvalue weighted by molar-refractivity contribution is 5.85. The summed E-state index contributed by atoms with van der Waals surface area (Å²) in [5.41, 5.74) is 4.48. The van der Waals surface area contributed by atoms with Gasteiger partial charge in [-0.1, -0.05) is 12.6 Å². The van der Waals surface area contributed by atoms with Crippen molar-refractivity contribution in [3.63, 3.8) is 0 Å². The Morgan fingerprint density at radius 1 is 1.23 bits per heavy atom. The number of allylic oxidation sites excluding steroid dienone is 1. The van der Waals surface area contributed by atoms with Crippen LogP contribution in [0.4, 0.5) is 14.5 Å². The van der Waals surface area contributed by atoms with Crippen molar-refractivity contribution in [3.05, 3.63) is 77.0 Å². The van der Waals surface area contributed by atoms with E-state index in [0.717, 1.165) is 60.3 Å². The molecule has 0 aliphatic carbocycles. The Kier molecular flexibility index (Phi) is 7.83. The monoisotopic (exact) mass is 482 g/mol. The summed E-state index contributed by atoms with van der Waals surface area (Å²) in [6.45, 7) is 8.68. The minimum Gasteiger partial charge on any atom is -0.495 e. The van der Waals surface area contributed by atoms with Crippen LogP contribution in [0.1, 0.15) is 43.4 Å². The van der Waals surface area contributed by atoms with Crippen LogP contribution in [-0.2, 0) is 4.84 Å². The van der Waals surface area contributed by atoms with Crippen molar-refractivity contribution in [1.29, 1.82) is 0 Å². The van der Waals surface area contributed by atoms with Crippen LogP contribution in [0.3, 0.4) is 0 Å². The summed E-state index contributed by atoms with van der Waals surface area (Å²) in [7, 11) is 1.67. The molecule has 0 radical (unpaired) electrons. The Morgan fingerprint density at radius 2 is 2.00 bits per heavy atom. The summed E-state index contributed by atoms with van der Waals surface area (Å²) >= 11 is 0. The van der Waals surface area contributed by atoms with E-state index in [1.807, 2.05) is 12.4 Å². The van der Waals surface area contributed by atoms with Gasteiger partial charge in [0.1, 0.15) is 23.5 Å². The van der Waals surface area contributed by atoms with Gasteiger partial charge in [0.2, 0.25) is 0 Å². The lowest BCUT2D eigenvalue weighted by atomic mass is 9.97. The van der Waals surface area contributed by atoms with Gasteiger partial charge in [0.15, 0.2) is 0 Å². The molecule has 0 bridgehead atoms. The Labute approximate surface area is 205 Å². The fourth-order valence-electron chi connectivity index (χ4n) is 4.65. The van der Waals surface area contributed by atoms with Crippen molar-refractivity contribution < 1.29 is 18.4 Å². The van der Waals surface area contributed by atoms with E-state index in [-0.39, 0.29) is 6.04 Å². The lowest BCUT2D eigenvalue weighted by Crippen LogP contribution is -2.31. The van der Waals surface area contributed by atoms with Crippen LogP contribution in [0.15, 0.2) is 59.2 Å². The quantitative estimate of drug-likeness (QED) is 0.523. The van der Waals surface area contributed by atoms with E-state index < -0.39 is 17.7 Å². The van der Waals surface area contributed by atoms with Crippen LogP contribution < -0.4 is 15.5 Å². The van der Waals surface area contributed by atoms with Crippen LogP contribution in [0.2, 0.25) is 0 Å². The lowest BCUT2D eigenvalue weighted by Gasteiger charge is -2.34. The topological polar surface area (TPSA) is 63.3 Å². The lowest BCUT2D eigenvalue weighted by molar-refractivity contribution is 0.0401. The maximum atomic E-state index is 13.6. The number of ether oxygens (including phenoxy) is 1. The zero-order chi connectivity index (χ0) is 24.9. The average Bonchev–Trinajstić information content (AvgIpc) is 3.27. The molecule has 0 amide bonds. The van der Waals surface area contributed by atoms with E-state index in [2.05, 4.69) is 46.5 Å². The van der Waals surface area contributed by atoms with E-state index in [1.54, 1.807) is 7.11 Å². The van der Waals surface area contributed by atoms with Gasteiger partial charge in [-0.2, -0.15) is 0 Å². The second kappa shape index (κ2) is 11.0.